The van der Waals surface area contributed by atoms with Crippen molar-refractivity contribution in [1.29, 1.82) is 0 Å². The number of hydrogen-bond donors (Lipinski definition) is 1. The van der Waals surface area contributed by atoms with Crippen molar-refractivity contribution >= 4 is 0 Å². The van der Waals surface area contributed by atoms with Crippen LogP contribution in [0.3, 0.4) is 0 Å². The number of rotatable bonds is 4. The van der Waals surface area contributed by atoms with Crippen LogP contribution in [0.2, 0.25) is 0 Å². The molecule has 0 aliphatic carbocycles. The van der Waals surface area contributed by atoms with Gasteiger partial charge in [-0.3, -0.25) is 9.69 Å². The average Bonchev–Trinajstić information content (AvgIpc) is 3.03. The van der Waals surface area contributed by atoms with Crippen LogP contribution < -0.4 is 5.56 Å². The van der Waals surface area contributed by atoms with Crippen LogP contribution in [0.5, 0.6) is 0 Å². The van der Waals surface area contributed by atoms with Crippen LogP contribution >= 0.6 is 0 Å². The van der Waals surface area contributed by atoms with Crippen LogP contribution in [0.25, 0.3) is 0 Å². The molecule has 2 aliphatic heterocycles. The maximum atomic E-state index is 12.8. The molecule has 0 radical (unpaired) electrons. The molecule has 0 aromatic carbocycles. The molecule has 1 N–H and O–H groups in total. The van der Waals surface area contributed by atoms with E-state index in [4.69, 9.17) is 0 Å². The van der Waals surface area contributed by atoms with E-state index in [2.05, 4.69) is 25.8 Å². The molecular formula is C18H25N5O. The minimum absolute atomic E-state index is 0.204. The molecule has 2 bridgehead atoms. The number of pyridine rings is 1. The average molecular weight is 327 g/mol. The predicted molar refractivity (Wildman–Crippen MR) is 92.8 cm³/mol. The molecule has 128 valence electrons. The predicted octanol–water partition coefficient (Wildman–Crippen LogP) is 1.25. The largest absolute Gasteiger partial charge is 0.348 e. The maximum Gasteiger partial charge on any atom is 0.255 e. The molecule has 1 fully saturated rings. The zero-order chi connectivity index (χ0) is 16.7. The fourth-order valence-electron chi connectivity index (χ4n) is 4.28. The van der Waals surface area contributed by atoms with E-state index < -0.39 is 0 Å². The van der Waals surface area contributed by atoms with Gasteiger partial charge in [0.15, 0.2) is 0 Å². The van der Waals surface area contributed by atoms with Gasteiger partial charge in [0, 0.05) is 55.7 Å². The highest BCUT2D eigenvalue weighted by atomic mass is 16.1. The second-order valence-corrected chi connectivity index (χ2v) is 7.47. The minimum Gasteiger partial charge on any atom is -0.348 e. The van der Waals surface area contributed by atoms with Gasteiger partial charge < -0.3 is 14.5 Å². The van der Waals surface area contributed by atoms with E-state index in [0.29, 0.717) is 18.4 Å². The van der Waals surface area contributed by atoms with Gasteiger partial charge in [0.25, 0.3) is 5.56 Å². The molecule has 0 spiro atoms. The molecule has 6 heteroatoms. The van der Waals surface area contributed by atoms with Crippen LogP contribution in [0.1, 0.15) is 29.4 Å². The first-order chi connectivity index (χ1) is 11.6. The fourth-order valence-corrected chi connectivity index (χ4v) is 4.28. The smallest absolute Gasteiger partial charge is 0.255 e. The van der Waals surface area contributed by atoms with Gasteiger partial charge in [-0.1, -0.05) is 6.07 Å². The van der Waals surface area contributed by atoms with Crippen molar-refractivity contribution < 1.29 is 0 Å². The Morgan fingerprint density at radius 2 is 2.17 bits per heavy atom. The third kappa shape index (κ3) is 2.91. The topological polar surface area (TPSA) is 57.2 Å². The molecule has 24 heavy (non-hydrogen) atoms. The number of hydrogen-bond acceptors (Lipinski definition) is 4. The highest BCUT2D eigenvalue weighted by molar-refractivity contribution is 5.22. The molecular weight excluding hydrogens is 302 g/mol. The van der Waals surface area contributed by atoms with Crippen molar-refractivity contribution in [3.8, 4) is 0 Å². The van der Waals surface area contributed by atoms with Gasteiger partial charge in [-0.25, -0.2) is 4.98 Å². The van der Waals surface area contributed by atoms with Gasteiger partial charge in [0.1, 0.15) is 5.82 Å². The molecule has 4 rings (SSSR count). The molecule has 0 amide bonds. The Balaban J connectivity index is 1.58. The molecule has 0 unspecified atom stereocenters. The summed E-state index contributed by atoms with van der Waals surface area (Å²) in [4.78, 5) is 24.9. The van der Waals surface area contributed by atoms with Crippen molar-refractivity contribution in [2.45, 2.75) is 32.0 Å². The summed E-state index contributed by atoms with van der Waals surface area (Å²) >= 11 is 0. The van der Waals surface area contributed by atoms with Gasteiger partial charge in [0.2, 0.25) is 0 Å². The number of piperidine rings is 1. The molecule has 2 aromatic rings. The Bertz CT molecular complexity index is 764. The first-order valence-electron chi connectivity index (χ1n) is 8.68. The Labute approximate surface area is 142 Å². The summed E-state index contributed by atoms with van der Waals surface area (Å²) in [7, 11) is 4.01. The van der Waals surface area contributed by atoms with E-state index in [1.165, 1.54) is 12.1 Å². The second kappa shape index (κ2) is 6.18. The maximum absolute atomic E-state index is 12.8. The van der Waals surface area contributed by atoms with Gasteiger partial charge in [-0.15, -0.1) is 0 Å². The van der Waals surface area contributed by atoms with Crippen LogP contribution in [0.4, 0.5) is 0 Å². The lowest BCUT2D eigenvalue weighted by Gasteiger charge is -2.42. The summed E-state index contributed by atoms with van der Waals surface area (Å²) < 4.78 is 2.04. The van der Waals surface area contributed by atoms with Crippen molar-refractivity contribution in [1.82, 2.24) is 24.3 Å². The summed E-state index contributed by atoms with van der Waals surface area (Å²) in [5.74, 6) is 2.03. The van der Waals surface area contributed by atoms with Crippen molar-refractivity contribution in [3.63, 3.8) is 0 Å². The van der Waals surface area contributed by atoms with E-state index in [-0.39, 0.29) is 5.56 Å². The molecule has 0 saturated carbocycles. The first kappa shape index (κ1) is 15.6. The number of fused-ring (bicyclic) bond motifs is 4. The Morgan fingerprint density at radius 1 is 1.29 bits per heavy atom. The highest BCUT2D eigenvalue weighted by Gasteiger charge is 2.35. The normalized spacial score (nSPS) is 23.5. The van der Waals surface area contributed by atoms with Crippen molar-refractivity contribution in [3.05, 3.63) is 52.0 Å². The third-order valence-electron chi connectivity index (χ3n) is 5.17. The number of aromatic amines is 1. The quantitative estimate of drug-likeness (QED) is 0.918. The minimum atomic E-state index is 0.204. The van der Waals surface area contributed by atoms with Crippen LogP contribution in [-0.2, 0) is 19.6 Å². The van der Waals surface area contributed by atoms with E-state index in [1.807, 2.05) is 30.9 Å². The Kier molecular flexibility index (Phi) is 4.02. The fraction of sp³-hybridized carbons (Fsp3) is 0.556. The van der Waals surface area contributed by atoms with E-state index in [1.54, 1.807) is 6.20 Å². The van der Waals surface area contributed by atoms with Gasteiger partial charge in [-0.2, -0.15) is 0 Å². The summed E-state index contributed by atoms with van der Waals surface area (Å²) in [6.07, 6.45) is 4.88. The van der Waals surface area contributed by atoms with E-state index in [9.17, 15) is 4.79 Å². The summed E-state index contributed by atoms with van der Waals surface area (Å²) in [5, 5.41) is 0. The van der Waals surface area contributed by atoms with Crippen LogP contribution in [-0.4, -0.2) is 51.5 Å². The van der Waals surface area contributed by atoms with E-state index >= 15 is 0 Å². The van der Waals surface area contributed by atoms with Crippen LogP contribution in [0.15, 0.2) is 29.3 Å². The monoisotopic (exact) mass is 327 g/mol. The van der Waals surface area contributed by atoms with Gasteiger partial charge in [-0.05, 0) is 32.5 Å². The zero-order valence-corrected chi connectivity index (χ0v) is 14.4. The lowest BCUT2D eigenvalue weighted by molar-refractivity contribution is 0.112. The summed E-state index contributed by atoms with van der Waals surface area (Å²) in [5.41, 5.74) is 2.31. The number of likely N-dealkylation sites (tertiary alicyclic amines) is 1. The first-order valence-corrected chi connectivity index (χ1v) is 8.68. The number of H-pyrrole nitrogens is 1. The molecule has 2 atom stereocenters. The van der Waals surface area contributed by atoms with Gasteiger partial charge >= 0.3 is 0 Å². The van der Waals surface area contributed by atoms with E-state index in [0.717, 1.165) is 37.6 Å². The van der Waals surface area contributed by atoms with Crippen molar-refractivity contribution in [2.75, 3.05) is 27.2 Å². The molecule has 2 aliphatic rings. The third-order valence-corrected chi connectivity index (χ3v) is 5.17. The standard InChI is InChI=1S/C18H25N5O/c1-21(2)10-14-3-4-16-15-7-13(9-23(16)18(14)24)8-22(11-15)12-17-19-5-6-20-17/h3-6,13,15H,7-12H2,1-2H3,(H,19,20)/t13-,15+/m0/s1. The highest BCUT2D eigenvalue weighted by Crippen LogP contribution is 2.35. The molecule has 1 saturated heterocycles. The van der Waals surface area contributed by atoms with Gasteiger partial charge in [0.05, 0.1) is 6.54 Å². The summed E-state index contributed by atoms with van der Waals surface area (Å²) in [6.45, 7) is 4.47. The Morgan fingerprint density at radius 3 is 2.92 bits per heavy atom. The molecule has 6 nitrogen and oxygen atoms in total. The number of imidazole rings is 1. The van der Waals surface area contributed by atoms with Crippen LogP contribution in [0, 0.1) is 5.92 Å². The SMILES string of the molecule is CN(C)Cc1ccc2n(c1=O)C[C@H]1C[C@@H]2CN(Cc2ncc[nH]2)C1. The van der Waals surface area contributed by atoms with Crippen molar-refractivity contribution in [2.24, 2.45) is 5.92 Å². The Hall–Kier alpha value is -1.92. The molecule has 2 aromatic heterocycles. The number of aromatic nitrogens is 3. The summed E-state index contributed by atoms with van der Waals surface area (Å²) in [6, 6.07) is 4.21. The lowest BCUT2D eigenvalue weighted by atomic mass is 9.83. The zero-order valence-electron chi connectivity index (χ0n) is 14.4. The number of nitrogens with one attached hydrogen (secondary N) is 1. The second-order valence-electron chi connectivity index (χ2n) is 7.47. The lowest BCUT2D eigenvalue weighted by Crippen LogP contribution is -2.47. The molecule has 4 heterocycles. The number of nitrogens with zero attached hydrogens (tertiary/aromatic N) is 4.